The summed E-state index contributed by atoms with van der Waals surface area (Å²) < 4.78 is 15.3. The van der Waals surface area contributed by atoms with Crippen LogP contribution in [0.2, 0.25) is 0 Å². The number of aromatic nitrogens is 4. The van der Waals surface area contributed by atoms with Crippen molar-refractivity contribution >= 4 is 5.91 Å². The van der Waals surface area contributed by atoms with Crippen molar-refractivity contribution in [2.24, 2.45) is 0 Å². The average Bonchev–Trinajstić information content (AvgIpc) is 3.07. The third-order valence-electron chi connectivity index (χ3n) is 5.97. The number of carbonyl (C=O) groups excluding carboxylic acids is 1. The highest BCUT2D eigenvalue weighted by Gasteiger charge is 2.39. The first-order valence-corrected chi connectivity index (χ1v) is 10.2. The minimum absolute atomic E-state index is 0.0508. The van der Waals surface area contributed by atoms with Gasteiger partial charge in [-0.3, -0.25) is 14.7 Å². The fraction of sp³-hybridized carbons (Fsp3) is 0.364. The van der Waals surface area contributed by atoms with Crippen molar-refractivity contribution in [2.75, 3.05) is 13.1 Å². The van der Waals surface area contributed by atoms with E-state index >= 15 is 0 Å². The van der Waals surface area contributed by atoms with E-state index in [1.807, 2.05) is 12.3 Å². The number of hydrogen-bond acceptors (Lipinski definition) is 5. The van der Waals surface area contributed by atoms with Crippen molar-refractivity contribution in [3.05, 3.63) is 66.0 Å². The number of carbonyl (C=O) groups is 1. The maximum atomic E-state index is 13.6. The van der Waals surface area contributed by atoms with E-state index in [9.17, 15) is 9.18 Å². The van der Waals surface area contributed by atoms with Gasteiger partial charge in [0.2, 0.25) is 5.91 Å². The van der Waals surface area contributed by atoms with Crippen LogP contribution in [0.4, 0.5) is 4.39 Å². The molecular weight excluding hydrogens is 383 g/mol. The van der Waals surface area contributed by atoms with E-state index in [-0.39, 0.29) is 23.8 Å². The number of nitrogens with zero attached hydrogens (tertiary/aromatic N) is 5. The van der Waals surface area contributed by atoms with E-state index < -0.39 is 0 Å². The molecule has 2 aliphatic heterocycles. The highest BCUT2D eigenvalue weighted by Crippen LogP contribution is 2.29. The minimum atomic E-state index is -0.326. The van der Waals surface area contributed by atoms with E-state index in [4.69, 9.17) is 0 Å². The molecule has 0 bridgehead atoms. The Balaban J connectivity index is 1.34. The third-order valence-corrected chi connectivity index (χ3v) is 5.97. The molecule has 0 unspecified atom stereocenters. The largest absolute Gasteiger partial charge is 0.349 e. The van der Waals surface area contributed by atoms with Gasteiger partial charge in [0.1, 0.15) is 18.2 Å². The Hall–Kier alpha value is -3.13. The lowest BCUT2D eigenvalue weighted by Gasteiger charge is -2.41. The van der Waals surface area contributed by atoms with Gasteiger partial charge in [0.15, 0.2) is 5.82 Å². The van der Waals surface area contributed by atoms with Crippen LogP contribution >= 0.6 is 0 Å². The molecule has 1 amide bonds. The minimum Gasteiger partial charge on any atom is -0.349 e. The zero-order valence-corrected chi connectivity index (χ0v) is 16.6. The van der Waals surface area contributed by atoms with Crippen molar-refractivity contribution in [2.45, 2.75) is 37.9 Å². The Kier molecular flexibility index (Phi) is 4.78. The van der Waals surface area contributed by atoms with Gasteiger partial charge in [-0.05, 0) is 36.6 Å². The van der Waals surface area contributed by atoms with Gasteiger partial charge in [-0.1, -0.05) is 18.2 Å². The number of nitrogens with one attached hydrogen (secondary N) is 1. The quantitative estimate of drug-likeness (QED) is 0.722. The number of halogens is 1. The summed E-state index contributed by atoms with van der Waals surface area (Å²) in [6, 6.07) is 10.3. The Morgan fingerprint density at radius 1 is 1.17 bits per heavy atom. The molecule has 1 fully saturated rings. The van der Waals surface area contributed by atoms with Crippen molar-refractivity contribution < 1.29 is 9.18 Å². The summed E-state index contributed by atoms with van der Waals surface area (Å²) in [7, 11) is 0. The van der Waals surface area contributed by atoms with Crippen LogP contribution in [0.25, 0.3) is 11.4 Å². The predicted molar refractivity (Wildman–Crippen MR) is 109 cm³/mol. The zero-order valence-electron chi connectivity index (χ0n) is 16.6. The molecule has 3 aromatic rings. The SMILES string of the molecule is O=C1Cn2nc(-c3cccc(F)c3)nc2CC2(CCN(Cc3cccnc3)CC2)N1. The lowest BCUT2D eigenvalue weighted by atomic mass is 9.84. The smallest absolute Gasteiger partial charge is 0.242 e. The Morgan fingerprint density at radius 2 is 2.03 bits per heavy atom. The summed E-state index contributed by atoms with van der Waals surface area (Å²) in [6.07, 6.45) is 6.00. The topological polar surface area (TPSA) is 75.9 Å². The van der Waals surface area contributed by atoms with Crippen LogP contribution in [0, 0.1) is 5.82 Å². The molecule has 1 aromatic carbocycles. The van der Waals surface area contributed by atoms with Crippen LogP contribution in [-0.4, -0.2) is 49.2 Å². The summed E-state index contributed by atoms with van der Waals surface area (Å²) in [5, 5.41) is 7.72. The van der Waals surface area contributed by atoms with E-state index in [0.717, 1.165) is 38.3 Å². The molecule has 30 heavy (non-hydrogen) atoms. The van der Waals surface area contributed by atoms with E-state index in [1.165, 1.54) is 17.7 Å². The van der Waals surface area contributed by atoms with Gasteiger partial charge in [0, 0.05) is 49.6 Å². The highest BCUT2D eigenvalue weighted by atomic mass is 19.1. The molecule has 2 aromatic heterocycles. The van der Waals surface area contributed by atoms with Crippen LogP contribution in [0.5, 0.6) is 0 Å². The first kappa shape index (κ1) is 18.9. The molecule has 0 saturated carbocycles. The summed E-state index contributed by atoms with van der Waals surface area (Å²) in [5.74, 6) is 0.856. The second kappa shape index (κ2) is 7.60. The molecule has 0 atom stereocenters. The standard InChI is InChI=1S/C22H23FN6O/c23-18-5-1-4-17(11-18)21-25-19-12-22(26-20(30)15-29(19)27-21)6-9-28(10-7-22)14-16-3-2-8-24-13-16/h1-5,8,11,13H,6-7,9-10,12,14-15H2,(H,26,30). The average molecular weight is 406 g/mol. The zero-order chi connectivity index (χ0) is 20.6. The second-order valence-electron chi connectivity index (χ2n) is 8.16. The fourth-order valence-electron chi connectivity index (χ4n) is 4.39. The number of fused-ring (bicyclic) bond motifs is 1. The lowest BCUT2D eigenvalue weighted by molar-refractivity contribution is -0.123. The second-order valence-corrected chi connectivity index (χ2v) is 8.16. The lowest BCUT2D eigenvalue weighted by Crippen LogP contribution is -2.56. The number of piperidine rings is 1. The summed E-state index contributed by atoms with van der Waals surface area (Å²) >= 11 is 0. The number of likely N-dealkylation sites (tertiary alicyclic amines) is 1. The molecule has 8 heteroatoms. The first-order valence-electron chi connectivity index (χ1n) is 10.2. The number of rotatable bonds is 3. The van der Waals surface area contributed by atoms with Crippen molar-refractivity contribution in [3.63, 3.8) is 0 Å². The molecule has 0 aliphatic carbocycles. The molecule has 1 N–H and O–H groups in total. The van der Waals surface area contributed by atoms with Crippen LogP contribution in [0.15, 0.2) is 48.8 Å². The molecule has 2 aliphatic rings. The first-order chi connectivity index (χ1) is 14.6. The normalized spacial score (nSPS) is 18.6. The number of hydrogen-bond donors (Lipinski definition) is 1. The van der Waals surface area contributed by atoms with Crippen molar-refractivity contribution in [3.8, 4) is 11.4 Å². The number of amides is 1. The van der Waals surface area contributed by atoms with Gasteiger partial charge in [0.25, 0.3) is 0 Å². The maximum Gasteiger partial charge on any atom is 0.242 e. The molecule has 5 rings (SSSR count). The molecule has 1 saturated heterocycles. The molecule has 4 heterocycles. The fourth-order valence-corrected chi connectivity index (χ4v) is 4.39. The van der Waals surface area contributed by atoms with Crippen LogP contribution in [0.1, 0.15) is 24.2 Å². The summed E-state index contributed by atoms with van der Waals surface area (Å²) in [4.78, 5) is 23.9. The summed E-state index contributed by atoms with van der Waals surface area (Å²) in [6.45, 7) is 2.77. The van der Waals surface area contributed by atoms with Crippen LogP contribution < -0.4 is 5.32 Å². The van der Waals surface area contributed by atoms with Gasteiger partial charge in [-0.25, -0.2) is 14.1 Å². The number of pyridine rings is 1. The molecule has 1 spiro atoms. The van der Waals surface area contributed by atoms with E-state index in [1.54, 1.807) is 23.0 Å². The Bertz CT molecular complexity index is 1060. The molecule has 0 radical (unpaired) electrons. The van der Waals surface area contributed by atoms with Crippen LogP contribution in [-0.2, 0) is 24.3 Å². The molecular formula is C22H23FN6O. The molecule has 7 nitrogen and oxygen atoms in total. The van der Waals surface area contributed by atoms with Gasteiger partial charge in [0.05, 0.1) is 0 Å². The Morgan fingerprint density at radius 3 is 2.80 bits per heavy atom. The molecule has 154 valence electrons. The van der Waals surface area contributed by atoms with Crippen LogP contribution in [0.3, 0.4) is 0 Å². The van der Waals surface area contributed by atoms with Crippen molar-refractivity contribution in [1.82, 2.24) is 30.0 Å². The third kappa shape index (κ3) is 3.82. The maximum absolute atomic E-state index is 13.6. The van der Waals surface area contributed by atoms with E-state index in [2.05, 4.69) is 31.3 Å². The van der Waals surface area contributed by atoms with Gasteiger partial charge in [-0.2, -0.15) is 5.10 Å². The summed E-state index contributed by atoms with van der Waals surface area (Å²) in [5.41, 5.74) is 1.50. The van der Waals surface area contributed by atoms with Gasteiger partial charge < -0.3 is 5.32 Å². The highest BCUT2D eigenvalue weighted by molar-refractivity contribution is 5.77. The van der Waals surface area contributed by atoms with Gasteiger partial charge in [-0.15, -0.1) is 0 Å². The monoisotopic (exact) mass is 406 g/mol. The van der Waals surface area contributed by atoms with E-state index in [0.29, 0.717) is 17.8 Å². The van der Waals surface area contributed by atoms with Crippen molar-refractivity contribution in [1.29, 1.82) is 0 Å². The van der Waals surface area contributed by atoms with Gasteiger partial charge >= 0.3 is 0 Å². The Labute approximate surface area is 174 Å². The number of benzene rings is 1. The predicted octanol–water partition coefficient (Wildman–Crippen LogP) is 2.19.